The van der Waals surface area contributed by atoms with Crippen LogP contribution in [0.15, 0.2) is 12.2 Å². The van der Waals surface area contributed by atoms with Crippen LogP contribution in [0.25, 0.3) is 0 Å². The number of hydrogen-bond donors (Lipinski definition) is 1. The fourth-order valence-electron chi connectivity index (χ4n) is 0.970. The van der Waals surface area contributed by atoms with Crippen LogP contribution in [0.2, 0.25) is 0 Å². The summed E-state index contributed by atoms with van der Waals surface area (Å²) in [5.74, 6) is 0. The molecule has 0 fully saturated rings. The normalized spacial score (nSPS) is 20.6. The molecule has 1 aliphatic heterocycles. The Kier molecular flexibility index (Phi) is 4.69. The van der Waals surface area contributed by atoms with Crippen LogP contribution in [0.1, 0.15) is 6.92 Å². The number of rotatable bonds is 2. The van der Waals surface area contributed by atoms with Crippen LogP contribution in [0.5, 0.6) is 0 Å². The Morgan fingerprint density at radius 2 is 2.00 bits per heavy atom. The van der Waals surface area contributed by atoms with Crippen LogP contribution in [-0.4, -0.2) is 35.7 Å². The fourth-order valence-corrected chi connectivity index (χ4v) is 0.970. The SMILES string of the molecule is C[C@@H](CO)N1CC=CC1.Cl. The van der Waals surface area contributed by atoms with Gasteiger partial charge in [-0.3, -0.25) is 4.90 Å². The van der Waals surface area contributed by atoms with Gasteiger partial charge in [0.15, 0.2) is 0 Å². The molecule has 1 N–H and O–H groups in total. The second-order valence-electron chi connectivity index (χ2n) is 2.46. The first-order valence-corrected chi connectivity index (χ1v) is 3.34. The first-order chi connectivity index (χ1) is 4.34. The molecule has 1 rings (SSSR count). The Morgan fingerprint density at radius 3 is 2.40 bits per heavy atom. The van der Waals surface area contributed by atoms with E-state index in [0.29, 0.717) is 6.04 Å². The second-order valence-corrected chi connectivity index (χ2v) is 2.46. The molecule has 1 aliphatic rings. The fraction of sp³-hybridized carbons (Fsp3) is 0.714. The highest BCUT2D eigenvalue weighted by atomic mass is 35.5. The van der Waals surface area contributed by atoms with E-state index in [0.717, 1.165) is 13.1 Å². The summed E-state index contributed by atoms with van der Waals surface area (Å²) in [6.07, 6.45) is 4.26. The maximum absolute atomic E-state index is 8.73. The van der Waals surface area contributed by atoms with Gasteiger partial charge in [0.25, 0.3) is 0 Å². The highest BCUT2D eigenvalue weighted by Gasteiger charge is 2.11. The number of aliphatic hydroxyl groups is 1. The molecule has 0 bridgehead atoms. The third-order valence-corrected chi connectivity index (χ3v) is 1.73. The Hall–Kier alpha value is -0.0500. The van der Waals surface area contributed by atoms with Crippen LogP contribution in [0.4, 0.5) is 0 Å². The minimum atomic E-state index is 0. The Balaban J connectivity index is 0.000000810. The van der Waals surface area contributed by atoms with Gasteiger partial charge in [-0.05, 0) is 6.92 Å². The van der Waals surface area contributed by atoms with E-state index in [1.165, 1.54) is 0 Å². The van der Waals surface area contributed by atoms with Gasteiger partial charge in [-0.1, -0.05) is 12.2 Å². The van der Waals surface area contributed by atoms with Gasteiger partial charge in [-0.15, -0.1) is 12.4 Å². The average molecular weight is 164 g/mol. The van der Waals surface area contributed by atoms with Gasteiger partial charge in [0.1, 0.15) is 0 Å². The Labute approximate surface area is 67.9 Å². The van der Waals surface area contributed by atoms with E-state index in [2.05, 4.69) is 17.1 Å². The highest BCUT2D eigenvalue weighted by molar-refractivity contribution is 5.85. The molecule has 0 aromatic carbocycles. The molecule has 0 radical (unpaired) electrons. The minimum absolute atomic E-state index is 0. The standard InChI is InChI=1S/C7H13NO.ClH/c1-7(6-9)8-4-2-3-5-8;/h2-3,7,9H,4-6H2,1H3;1H/t7-;/m0./s1. The lowest BCUT2D eigenvalue weighted by Crippen LogP contribution is -2.33. The summed E-state index contributed by atoms with van der Waals surface area (Å²) in [5.41, 5.74) is 0. The molecule has 1 atom stereocenters. The largest absolute Gasteiger partial charge is 0.395 e. The molecule has 10 heavy (non-hydrogen) atoms. The number of nitrogens with zero attached hydrogens (tertiary/aromatic N) is 1. The van der Waals surface area contributed by atoms with Gasteiger partial charge in [0, 0.05) is 19.1 Å². The summed E-state index contributed by atoms with van der Waals surface area (Å²) in [5, 5.41) is 8.73. The predicted octanol–water partition coefficient (Wildman–Crippen LogP) is 0.661. The van der Waals surface area contributed by atoms with Crippen molar-refractivity contribution in [3.8, 4) is 0 Å². The maximum atomic E-state index is 8.73. The zero-order valence-corrected chi connectivity index (χ0v) is 6.97. The summed E-state index contributed by atoms with van der Waals surface area (Å²) in [7, 11) is 0. The van der Waals surface area contributed by atoms with Crippen LogP contribution in [0.3, 0.4) is 0 Å². The molecule has 0 spiro atoms. The van der Waals surface area contributed by atoms with Gasteiger partial charge in [0.05, 0.1) is 6.61 Å². The smallest absolute Gasteiger partial charge is 0.0584 e. The predicted molar refractivity (Wildman–Crippen MR) is 44.5 cm³/mol. The number of hydrogen-bond acceptors (Lipinski definition) is 2. The number of aliphatic hydroxyl groups excluding tert-OH is 1. The molecule has 60 valence electrons. The van der Waals surface area contributed by atoms with Gasteiger partial charge >= 0.3 is 0 Å². The van der Waals surface area contributed by atoms with Crippen LogP contribution in [-0.2, 0) is 0 Å². The third kappa shape index (κ3) is 2.29. The summed E-state index contributed by atoms with van der Waals surface area (Å²) in [6, 6.07) is 0.319. The number of halogens is 1. The molecule has 0 saturated heterocycles. The van der Waals surface area contributed by atoms with E-state index in [4.69, 9.17) is 5.11 Å². The molecular weight excluding hydrogens is 150 g/mol. The molecule has 0 saturated carbocycles. The van der Waals surface area contributed by atoms with E-state index in [-0.39, 0.29) is 19.0 Å². The van der Waals surface area contributed by atoms with Crippen LogP contribution < -0.4 is 0 Å². The first kappa shape index (κ1) is 9.95. The van der Waals surface area contributed by atoms with Gasteiger partial charge in [0.2, 0.25) is 0 Å². The van der Waals surface area contributed by atoms with Gasteiger partial charge in [-0.25, -0.2) is 0 Å². The van der Waals surface area contributed by atoms with Crippen molar-refractivity contribution in [3.63, 3.8) is 0 Å². The molecule has 3 heteroatoms. The zero-order valence-electron chi connectivity index (χ0n) is 6.16. The lowest BCUT2D eigenvalue weighted by molar-refractivity contribution is 0.163. The van der Waals surface area contributed by atoms with Gasteiger partial charge < -0.3 is 5.11 Å². The first-order valence-electron chi connectivity index (χ1n) is 3.34. The topological polar surface area (TPSA) is 23.5 Å². The van der Waals surface area contributed by atoms with Crippen molar-refractivity contribution in [1.29, 1.82) is 0 Å². The van der Waals surface area contributed by atoms with E-state index < -0.39 is 0 Å². The van der Waals surface area contributed by atoms with E-state index in [1.54, 1.807) is 0 Å². The Morgan fingerprint density at radius 1 is 1.50 bits per heavy atom. The lowest BCUT2D eigenvalue weighted by atomic mass is 10.3. The van der Waals surface area contributed by atoms with E-state index in [9.17, 15) is 0 Å². The molecule has 0 aromatic heterocycles. The van der Waals surface area contributed by atoms with Crippen molar-refractivity contribution in [3.05, 3.63) is 12.2 Å². The summed E-state index contributed by atoms with van der Waals surface area (Å²) in [4.78, 5) is 2.22. The Bertz CT molecular complexity index is 108. The third-order valence-electron chi connectivity index (χ3n) is 1.73. The van der Waals surface area contributed by atoms with Crippen molar-refractivity contribution in [2.45, 2.75) is 13.0 Å². The molecule has 2 nitrogen and oxygen atoms in total. The maximum Gasteiger partial charge on any atom is 0.0584 e. The van der Waals surface area contributed by atoms with Gasteiger partial charge in [-0.2, -0.15) is 0 Å². The summed E-state index contributed by atoms with van der Waals surface area (Å²) < 4.78 is 0. The molecule has 1 heterocycles. The molecule has 0 aliphatic carbocycles. The van der Waals surface area contributed by atoms with Crippen molar-refractivity contribution in [2.75, 3.05) is 19.7 Å². The second kappa shape index (κ2) is 4.72. The van der Waals surface area contributed by atoms with Crippen molar-refractivity contribution in [2.24, 2.45) is 0 Å². The quantitative estimate of drug-likeness (QED) is 0.605. The van der Waals surface area contributed by atoms with E-state index >= 15 is 0 Å². The monoisotopic (exact) mass is 163 g/mol. The van der Waals surface area contributed by atoms with E-state index in [1.807, 2.05) is 6.92 Å². The average Bonchev–Trinajstić information content (AvgIpc) is 2.37. The molecular formula is C7H14ClNO. The van der Waals surface area contributed by atoms with Crippen molar-refractivity contribution < 1.29 is 5.11 Å². The zero-order chi connectivity index (χ0) is 6.69. The van der Waals surface area contributed by atoms with Crippen LogP contribution in [0, 0.1) is 0 Å². The van der Waals surface area contributed by atoms with Crippen molar-refractivity contribution >= 4 is 12.4 Å². The minimum Gasteiger partial charge on any atom is -0.395 e. The molecule has 0 unspecified atom stereocenters. The van der Waals surface area contributed by atoms with Crippen molar-refractivity contribution in [1.82, 2.24) is 4.90 Å². The lowest BCUT2D eigenvalue weighted by Gasteiger charge is -2.20. The summed E-state index contributed by atoms with van der Waals surface area (Å²) >= 11 is 0. The van der Waals surface area contributed by atoms with Crippen LogP contribution >= 0.6 is 12.4 Å². The molecule has 0 aromatic rings. The molecule has 0 amide bonds. The highest BCUT2D eigenvalue weighted by Crippen LogP contribution is 2.03. The summed E-state index contributed by atoms with van der Waals surface area (Å²) in [6.45, 7) is 4.30.